The van der Waals surface area contributed by atoms with Crippen LogP contribution in [-0.4, -0.2) is 22.0 Å². The Hall–Kier alpha value is -2.73. The monoisotopic (exact) mass is 352 g/mol. The van der Waals surface area contributed by atoms with Crippen LogP contribution in [0.3, 0.4) is 0 Å². The average molecular weight is 352 g/mol. The Bertz CT molecular complexity index is 828. The predicted molar refractivity (Wildman–Crippen MR) is 102 cm³/mol. The fourth-order valence-corrected chi connectivity index (χ4v) is 3.15. The van der Waals surface area contributed by atoms with Gasteiger partial charge in [0.2, 0.25) is 0 Å². The number of carbonyl (C=O) groups is 1. The molecule has 2 N–H and O–H groups in total. The molecule has 3 rings (SSSR count). The Morgan fingerprint density at radius 3 is 2.64 bits per heavy atom. The van der Waals surface area contributed by atoms with Gasteiger partial charge in [0.15, 0.2) is 0 Å². The molecule has 0 saturated heterocycles. The lowest BCUT2D eigenvalue weighted by Gasteiger charge is -2.10. The zero-order valence-corrected chi connectivity index (χ0v) is 15.0. The van der Waals surface area contributed by atoms with Crippen LogP contribution in [0.4, 0.5) is 10.5 Å². The molecule has 0 radical (unpaired) electrons. The van der Waals surface area contributed by atoms with Crippen molar-refractivity contribution in [3.63, 3.8) is 0 Å². The molecule has 0 spiro atoms. The summed E-state index contributed by atoms with van der Waals surface area (Å²) in [6.07, 6.45) is 2.53. The minimum atomic E-state index is -0.200. The highest BCUT2D eigenvalue weighted by Crippen LogP contribution is 2.24. The molecule has 2 heterocycles. The van der Waals surface area contributed by atoms with E-state index in [0.29, 0.717) is 0 Å². The van der Waals surface area contributed by atoms with E-state index in [9.17, 15) is 4.79 Å². The van der Waals surface area contributed by atoms with Crippen molar-refractivity contribution >= 4 is 23.1 Å². The summed E-state index contributed by atoms with van der Waals surface area (Å²) in [7, 11) is 0. The number of carbonyl (C=O) groups excluding carboxylic acids is 1. The highest BCUT2D eigenvalue weighted by Gasteiger charge is 2.07. The standard InChI is InChI=1S/C19H20N4OS/c1-13(2)21-19(24)22-15-8-6-14(7-9-15)17-12-25-18(23-17)11-16-5-3-4-10-20-16/h3-10,12-13H,11H2,1-2H3,(H2,21,22,24). The first-order valence-corrected chi connectivity index (χ1v) is 9.00. The van der Waals surface area contributed by atoms with E-state index < -0.39 is 0 Å². The van der Waals surface area contributed by atoms with Gasteiger partial charge < -0.3 is 10.6 Å². The number of hydrogen-bond acceptors (Lipinski definition) is 4. The summed E-state index contributed by atoms with van der Waals surface area (Å²) in [5, 5.41) is 8.69. The zero-order chi connectivity index (χ0) is 17.6. The van der Waals surface area contributed by atoms with Crippen molar-refractivity contribution in [3.8, 4) is 11.3 Å². The number of rotatable bonds is 5. The molecule has 0 atom stereocenters. The summed E-state index contributed by atoms with van der Waals surface area (Å²) in [6, 6.07) is 13.5. The van der Waals surface area contributed by atoms with Crippen molar-refractivity contribution in [2.45, 2.75) is 26.3 Å². The van der Waals surface area contributed by atoms with Crippen LogP contribution in [0.25, 0.3) is 11.3 Å². The lowest BCUT2D eigenvalue weighted by atomic mass is 10.1. The van der Waals surface area contributed by atoms with E-state index in [1.54, 1.807) is 17.5 Å². The molecule has 6 heteroatoms. The smallest absolute Gasteiger partial charge is 0.319 e. The van der Waals surface area contributed by atoms with Gasteiger partial charge in [0.05, 0.1) is 10.7 Å². The van der Waals surface area contributed by atoms with Crippen LogP contribution in [-0.2, 0) is 6.42 Å². The minimum Gasteiger partial charge on any atom is -0.336 e. The predicted octanol–water partition coefficient (Wildman–Crippen LogP) is 4.33. The van der Waals surface area contributed by atoms with Crippen LogP contribution in [0.1, 0.15) is 24.5 Å². The van der Waals surface area contributed by atoms with E-state index in [4.69, 9.17) is 0 Å². The van der Waals surface area contributed by atoms with Crippen LogP contribution < -0.4 is 10.6 Å². The highest BCUT2D eigenvalue weighted by atomic mass is 32.1. The van der Waals surface area contributed by atoms with Crippen LogP contribution >= 0.6 is 11.3 Å². The Labute approximate surface area is 151 Å². The second kappa shape index (κ2) is 7.90. The van der Waals surface area contributed by atoms with E-state index in [2.05, 4.69) is 20.6 Å². The summed E-state index contributed by atoms with van der Waals surface area (Å²) in [4.78, 5) is 20.7. The van der Waals surface area contributed by atoms with Gasteiger partial charge in [-0.1, -0.05) is 18.2 Å². The molecule has 0 aliphatic heterocycles. The molecule has 128 valence electrons. The second-order valence-electron chi connectivity index (χ2n) is 5.95. The van der Waals surface area contributed by atoms with Gasteiger partial charge in [0.1, 0.15) is 0 Å². The maximum Gasteiger partial charge on any atom is 0.319 e. The number of pyridine rings is 1. The summed E-state index contributed by atoms with van der Waals surface area (Å²) < 4.78 is 0. The van der Waals surface area contributed by atoms with Crippen molar-refractivity contribution in [2.75, 3.05) is 5.32 Å². The number of nitrogens with zero attached hydrogens (tertiary/aromatic N) is 2. The first-order chi connectivity index (χ1) is 12.1. The van der Waals surface area contributed by atoms with E-state index in [0.717, 1.165) is 34.1 Å². The first-order valence-electron chi connectivity index (χ1n) is 8.12. The van der Waals surface area contributed by atoms with Crippen LogP contribution in [0.2, 0.25) is 0 Å². The van der Waals surface area contributed by atoms with Crippen molar-refractivity contribution < 1.29 is 4.79 Å². The maximum atomic E-state index is 11.7. The van der Waals surface area contributed by atoms with E-state index in [1.165, 1.54) is 0 Å². The number of benzene rings is 1. The molecule has 0 unspecified atom stereocenters. The third-order valence-corrected chi connectivity index (χ3v) is 4.32. The summed E-state index contributed by atoms with van der Waals surface area (Å²) in [6.45, 7) is 3.85. The molecule has 1 aromatic carbocycles. The van der Waals surface area contributed by atoms with Gasteiger partial charge in [-0.25, -0.2) is 9.78 Å². The number of urea groups is 1. The van der Waals surface area contributed by atoms with Gasteiger partial charge in [-0.05, 0) is 38.1 Å². The molecule has 0 aliphatic rings. The van der Waals surface area contributed by atoms with Gasteiger partial charge in [0, 0.05) is 41.0 Å². The second-order valence-corrected chi connectivity index (χ2v) is 6.90. The van der Waals surface area contributed by atoms with Gasteiger partial charge in [-0.3, -0.25) is 4.98 Å². The number of amides is 2. The fraction of sp³-hybridized carbons (Fsp3) is 0.211. The molecule has 2 aromatic heterocycles. The lowest BCUT2D eigenvalue weighted by molar-refractivity contribution is 0.250. The lowest BCUT2D eigenvalue weighted by Crippen LogP contribution is -2.34. The average Bonchev–Trinajstić information content (AvgIpc) is 3.04. The Morgan fingerprint density at radius 2 is 1.96 bits per heavy atom. The van der Waals surface area contributed by atoms with Crippen molar-refractivity contribution in [1.29, 1.82) is 0 Å². The third-order valence-electron chi connectivity index (χ3n) is 3.47. The fourth-order valence-electron chi connectivity index (χ4n) is 2.34. The molecule has 0 bridgehead atoms. The molecular formula is C19H20N4OS. The van der Waals surface area contributed by atoms with Gasteiger partial charge in [0.25, 0.3) is 0 Å². The van der Waals surface area contributed by atoms with Gasteiger partial charge >= 0.3 is 6.03 Å². The number of thiazole rings is 1. The Morgan fingerprint density at radius 1 is 1.16 bits per heavy atom. The summed E-state index contributed by atoms with van der Waals surface area (Å²) in [5.74, 6) is 0. The van der Waals surface area contributed by atoms with Gasteiger partial charge in [-0.15, -0.1) is 11.3 Å². The highest BCUT2D eigenvalue weighted by molar-refractivity contribution is 7.10. The zero-order valence-electron chi connectivity index (χ0n) is 14.2. The normalized spacial score (nSPS) is 10.7. The molecule has 5 nitrogen and oxygen atoms in total. The number of hydrogen-bond donors (Lipinski definition) is 2. The third kappa shape index (κ3) is 4.87. The number of anilines is 1. The van der Waals surface area contributed by atoms with E-state index in [1.807, 2.05) is 61.7 Å². The largest absolute Gasteiger partial charge is 0.336 e. The van der Waals surface area contributed by atoms with Crippen molar-refractivity contribution in [1.82, 2.24) is 15.3 Å². The number of nitrogens with one attached hydrogen (secondary N) is 2. The topological polar surface area (TPSA) is 66.9 Å². The first kappa shape index (κ1) is 17.1. The minimum absolute atomic E-state index is 0.104. The Kier molecular flexibility index (Phi) is 5.40. The van der Waals surface area contributed by atoms with Crippen molar-refractivity contribution in [3.05, 3.63) is 64.7 Å². The van der Waals surface area contributed by atoms with Crippen molar-refractivity contribution in [2.24, 2.45) is 0 Å². The van der Waals surface area contributed by atoms with E-state index in [-0.39, 0.29) is 12.1 Å². The molecule has 2 amide bonds. The molecule has 0 saturated carbocycles. The molecule has 0 fully saturated rings. The molecule has 0 aliphatic carbocycles. The SMILES string of the molecule is CC(C)NC(=O)Nc1ccc(-c2csc(Cc3ccccn3)n2)cc1. The quantitative estimate of drug-likeness (QED) is 0.718. The van der Waals surface area contributed by atoms with E-state index >= 15 is 0 Å². The van der Waals surface area contributed by atoms with Gasteiger partial charge in [-0.2, -0.15) is 0 Å². The summed E-state index contributed by atoms with van der Waals surface area (Å²) >= 11 is 1.63. The molecular weight excluding hydrogens is 332 g/mol. The van der Waals surface area contributed by atoms with Crippen LogP contribution in [0.15, 0.2) is 54.0 Å². The molecule has 25 heavy (non-hydrogen) atoms. The number of aromatic nitrogens is 2. The van der Waals surface area contributed by atoms with Crippen LogP contribution in [0.5, 0.6) is 0 Å². The summed E-state index contributed by atoms with van der Waals surface area (Å²) in [5.41, 5.74) is 3.73. The Balaban J connectivity index is 1.65. The maximum absolute atomic E-state index is 11.7. The van der Waals surface area contributed by atoms with Crippen LogP contribution in [0, 0.1) is 0 Å². The molecule has 3 aromatic rings.